The fraction of sp³-hybridized carbons (Fsp3) is 0.556. The van der Waals surface area contributed by atoms with Crippen LogP contribution in [-0.4, -0.2) is 66.0 Å². The predicted molar refractivity (Wildman–Crippen MR) is 112 cm³/mol. The lowest BCUT2D eigenvalue weighted by atomic mass is 10.2. The minimum absolute atomic E-state index is 0.750. The molecule has 0 saturated carbocycles. The van der Waals surface area contributed by atoms with Crippen molar-refractivity contribution < 1.29 is 13.8 Å². The lowest BCUT2D eigenvalue weighted by Crippen LogP contribution is -2.44. The van der Waals surface area contributed by atoms with E-state index in [2.05, 4.69) is 40.9 Å². The Hall–Kier alpha value is -0.890. The van der Waals surface area contributed by atoms with Crippen LogP contribution in [-0.2, 0) is 20.6 Å². The summed E-state index contributed by atoms with van der Waals surface area (Å²) in [6.45, 7) is 13.5. The van der Waals surface area contributed by atoms with Gasteiger partial charge >= 0.3 is 0 Å². The number of hydrogen-bond donors (Lipinski definition) is 0. The van der Waals surface area contributed by atoms with E-state index in [4.69, 9.17) is 9.59 Å². The highest BCUT2D eigenvalue weighted by Crippen LogP contribution is 2.13. The third-order valence-electron chi connectivity index (χ3n) is 2.90. The maximum Gasteiger partial charge on any atom is 0.116 e. The summed E-state index contributed by atoms with van der Waals surface area (Å²) < 4.78 is 14.1. The average Bonchev–Trinajstić information content (AvgIpc) is 2.63. The number of carbonyl (C=O) groups is 2. The number of aryl methyl sites for hydroxylation is 1. The number of hydrogen-bond acceptors (Lipinski definition) is 4. The van der Waals surface area contributed by atoms with Gasteiger partial charge in [-0.2, -0.15) is 0 Å². The fourth-order valence-electron chi connectivity index (χ4n) is 1.60. The van der Waals surface area contributed by atoms with Gasteiger partial charge in [-0.1, -0.05) is 48.0 Å². The Kier molecular flexibility index (Phi) is 24.4. The molecule has 1 aliphatic rings. The van der Waals surface area contributed by atoms with Gasteiger partial charge in [-0.15, -0.1) is 0 Å². The van der Waals surface area contributed by atoms with E-state index in [0.29, 0.717) is 0 Å². The summed E-state index contributed by atoms with van der Waals surface area (Å²) in [5.74, 6) is 0. The highest BCUT2D eigenvalue weighted by molar-refractivity contribution is 9.10. The van der Waals surface area contributed by atoms with Crippen molar-refractivity contribution in [1.82, 2.24) is 9.21 Å². The first-order valence-corrected chi connectivity index (χ1v) is 10.4. The van der Waals surface area contributed by atoms with Gasteiger partial charge in [0.15, 0.2) is 0 Å². The van der Waals surface area contributed by atoms with Crippen molar-refractivity contribution in [2.75, 3.05) is 39.5 Å². The van der Waals surface area contributed by atoms with E-state index >= 15 is 0 Å². The number of nitrogens with zero attached hydrogens (tertiary/aromatic N) is 2. The van der Waals surface area contributed by atoms with E-state index in [9.17, 15) is 4.21 Å². The molecule has 25 heavy (non-hydrogen) atoms. The third-order valence-corrected chi connectivity index (χ3v) is 4.88. The molecule has 0 amide bonds. The van der Waals surface area contributed by atoms with Crippen molar-refractivity contribution in [3.63, 3.8) is 0 Å². The zero-order valence-electron chi connectivity index (χ0n) is 16.3. The highest BCUT2D eigenvalue weighted by Gasteiger charge is 2.15. The number of halogens is 1. The molecule has 1 atom stereocenters. The Morgan fingerprint density at radius 3 is 1.80 bits per heavy atom. The SMILES string of the molecule is C=O.CC.CC=O.CN1CCN(S(C)=O)CC1.Cc1ccccc1Br. The van der Waals surface area contributed by atoms with Crippen molar-refractivity contribution in [2.45, 2.75) is 27.7 Å². The van der Waals surface area contributed by atoms with Gasteiger partial charge in [0, 0.05) is 36.9 Å². The molecule has 5 nitrogen and oxygen atoms in total. The highest BCUT2D eigenvalue weighted by atomic mass is 79.9. The lowest BCUT2D eigenvalue weighted by molar-refractivity contribution is -0.106. The van der Waals surface area contributed by atoms with E-state index in [1.807, 2.05) is 43.1 Å². The van der Waals surface area contributed by atoms with E-state index in [1.54, 1.807) is 6.26 Å². The maximum absolute atomic E-state index is 10.9. The number of rotatable bonds is 1. The van der Waals surface area contributed by atoms with Crippen LogP contribution in [0.1, 0.15) is 26.3 Å². The molecule has 0 radical (unpaired) electrons. The smallest absolute Gasteiger partial charge is 0.116 e. The minimum atomic E-state index is -0.760. The Morgan fingerprint density at radius 1 is 1.12 bits per heavy atom. The molecule has 0 bridgehead atoms. The fourth-order valence-corrected chi connectivity index (χ4v) is 2.56. The van der Waals surface area contributed by atoms with Gasteiger partial charge in [0.2, 0.25) is 0 Å². The predicted octanol–water partition coefficient (Wildman–Crippen LogP) is 3.33. The molecule has 1 unspecified atom stereocenters. The molecular formula is C18H33BrN2O3S. The second kappa shape index (κ2) is 21.2. The zero-order chi connectivity index (χ0) is 20.3. The van der Waals surface area contributed by atoms with Gasteiger partial charge in [0.1, 0.15) is 13.1 Å². The van der Waals surface area contributed by atoms with Crippen LogP contribution in [0.25, 0.3) is 0 Å². The Labute approximate surface area is 164 Å². The van der Waals surface area contributed by atoms with Crippen molar-refractivity contribution in [3.8, 4) is 0 Å². The summed E-state index contributed by atoms with van der Waals surface area (Å²) in [6.07, 6.45) is 2.49. The van der Waals surface area contributed by atoms with Crippen LogP contribution in [0.15, 0.2) is 28.7 Å². The molecule has 0 aromatic heterocycles. The first kappa shape index (κ1) is 28.9. The molecule has 1 aromatic rings. The molecule has 7 heteroatoms. The maximum atomic E-state index is 10.9. The van der Waals surface area contributed by atoms with E-state index < -0.39 is 11.0 Å². The van der Waals surface area contributed by atoms with Crippen molar-refractivity contribution in [1.29, 1.82) is 0 Å². The van der Waals surface area contributed by atoms with Gasteiger partial charge in [-0.3, -0.25) is 0 Å². The topological polar surface area (TPSA) is 57.7 Å². The normalized spacial score (nSPS) is 14.5. The molecular weight excluding hydrogens is 404 g/mol. The summed E-state index contributed by atoms with van der Waals surface area (Å²) in [7, 11) is 1.33. The van der Waals surface area contributed by atoms with Gasteiger partial charge in [-0.05, 0) is 32.5 Å². The van der Waals surface area contributed by atoms with E-state index in [-0.39, 0.29) is 0 Å². The molecule has 1 aliphatic heterocycles. The minimum Gasteiger partial charge on any atom is -0.307 e. The Balaban J connectivity index is -0.000000289. The quantitative estimate of drug-likeness (QED) is 0.633. The number of piperazine rings is 1. The molecule has 0 N–H and O–H groups in total. The molecule has 146 valence electrons. The van der Waals surface area contributed by atoms with Gasteiger partial charge in [0.05, 0.1) is 11.0 Å². The van der Waals surface area contributed by atoms with Crippen LogP contribution in [0.5, 0.6) is 0 Å². The first-order chi connectivity index (χ1) is 11.9. The standard InChI is InChI=1S/C7H7Br.C6H14N2OS.C2H4O.C2H6.CH2O/c1-6-4-2-3-5-7(6)8;1-7-3-5-8(6-4-7)10(2)9;1-2-3;2*1-2/h2-5H,1H3;3-6H2,1-2H3;2H,1H3;1-2H3;1H2. The summed E-state index contributed by atoms with van der Waals surface area (Å²) >= 11 is 3.40. The van der Waals surface area contributed by atoms with Gasteiger partial charge < -0.3 is 14.5 Å². The Morgan fingerprint density at radius 2 is 1.52 bits per heavy atom. The Bertz CT molecular complexity index is 433. The van der Waals surface area contributed by atoms with Crippen LogP contribution in [0, 0.1) is 6.92 Å². The average molecular weight is 437 g/mol. The van der Waals surface area contributed by atoms with Gasteiger partial charge in [-0.25, -0.2) is 8.51 Å². The molecule has 0 aliphatic carbocycles. The number of benzene rings is 1. The van der Waals surface area contributed by atoms with Crippen molar-refractivity contribution in [2.24, 2.45) is 0 Å². The summed E-state index contributed by atoms with van der Waals surface area (Å²) in [5, 5.41) is 0. The largest absolute Gasteiger partial charge is 0.307 e. The summed E-state index contributed by atoms with van der Waals surface area (Å²) in [5.41, 5.74) is 1.28. The van der Waals surface area contributed by atoms with Crippen LogP contribution in [0.3, 0.4) is 0 Å². The molecule has 1 saturated heterocycles. The molecule has 2 rings (SSSR count). The monoisotopic (exact) mass is 436 g/mol. The summed E-state index contributed by atoms with van der Waals surface area (Å²) in [6, 6.07) is 8.15. The second-order valence-electron chi connectivity index (χ2n) is 4.64. The number of carbonyl (C=O) groups excluding carboxylic acids is 2. The molecule has 1 aromatic carbocycles. The van der Waals surface area contributed by atoms with Crippen LogP contribution >= 0.6 is 15.9 Å². The third kappa shape index (κ3) is 17.7. The van der Waals surface area contributed by atoms with E-state index in [0.717, 1.165) is 32.5 Å². The van der Waals surface area contributed by atoms with Crippen LogP contribution < -0.4 is 0 Å². The van der Waals surface area contributed by atoms with E-state index in [1.165, 1.54) is 17.0 Å². The second-order valence-corrected chi connectivity index (χ2v) is 6.86. The first-order valence-electron chi connectivity index (χ1n) is 8.09. The molecule has 1 heterocycles. The van der Waals surface area contributed by atoms with Crippen molar-refractivity contribution in [3.05, 3.63) is 34.3 Å². The lowest BCUT2D eigenvalue weighted by Gasteiger charge is -2.30. The number of likely N-dealkylation sites (N-methyl/N-ethyl adjacent to an activating group) is 1. The number of aldehydes is 1. The van der Waals surface area contributed by atoms with Gasteiger partial charge in [0.25, 0.3) is 0 Å². The zero-order valence-corrected chi connectivity index (χ0v) is 18.7. The van der Waals surface area contributed by atoms with Crippen LogP contribution in [0.4, 0.5) is 0 Å². The van der Waals surface area contributed by atoms with Crippen molar-refractivity contribution >= 4 is 40.0 Å². The molecule has 1 fully saturated rings. The summed E-state index contributed by atoms with van der Waals surface area (Å²) in [4.78, 5) is 19.1. The van der Waals surface area contributed by atoms with Crippen LogP contribution in [0.2, 0.25) is 0 Å². The molecule has 0 spiro atoms.